The maximum atomic E-state index is 13.0. The van der Waals surface area contributed by atoms with Crippen molar-refractivity contribution in [1.82, 2.24) is 14.6 Å². The number of nitrogens with zero attached hydrogens (tertiary/aromatic N) is 4. The second-order valence-electron chi connectivity index (χ2n) is 6.37. The van der Waals surface area contributed by atoms with Gasteiger partial charge in [0.2, 0.25) is 0 Å². The smallest absolute Gasteiger partial charge is 0.264 e. The number of carbonyl (C=O) groups is 1. The van der Waals surface area contributed by atoms with Crippen molar-refractivity contribution in [2.75, 3.05) is 16.7 Å². The molecule has 0 saturated heterocycles. The van der Waals surface area contributed by atoms with Gasteiger partial charge in [0.25, 0.3) is 15.9 Å². The molecule has 4 aromatic rings. The van der Waals surface area contributed by atoms with Crippen molar-refractivity contribution in [3.63, 3.8) is 0 Å². The number of amides is 1. The van der Waals surface area contributed by atoms with E-state index < -0.39 is 15.9 Å². The van der Waals surface area contributed by atoms with E-state index in [-0.39, 0.29) is 10.5 Å². The number of fused-ring (bicyclic) bond motifs is 1. The van der Waals surface area contributed by atoms with Gasteiger partial charge in [0.15, 0.2) is 5.65 Å². The molecule has 0 fully saturated rings. The van der Waals surface area contributed by atoms with E-state index in [2.05, 4.69) is 15.4 Å². The van der Waals surface area contributed by atoms with Crippen LogP contribution in [0.15, 0.2) is 78.0 Å². The van der Waals surface area contributed by atoms with Crippen LogP contribution in [-0.2, 0) is 10.0 Å². The highest BCUT2D eigenvalue weighted by Gasteiger charge is 2.23. The summed E-state index contributed by atoms with van der Waals surface area (Å²) in [6, 6.07) is 15.6. The van der Waals surface area contributed by atoms with E-state index in [1.165, 1.54) is 35.8 Å². The second kappa shape index (κ2) is 7.77. The maximum absolute atomic E-state index is 13.0. The van der Waals surface area contributed by atoms with E-state index >= 15 is 0 Å². The summed E-state index contributed by atoms with van der Waals surface area (Å²) in [6.45, 7) is 0. The highest BCUT2D eigenvalue weighted by Crippen LogP contribution is 2.25. The quantitative estimate of drug-likeness (QED) is 0.511. The van der Waals surface area contributed by atoms with Crippen molar-refractivity contribution < 1.29 is 13.2 Å². The minimum Gasteiger partial charge on any atom is -0.306 e. The van der Waals surface area contributed by atoms with Gasteiger partial charge in [-0.15, -0.1) is 0 Å². The number of sulfonamides is 1. The third-order valence-electron chi connectivity index (χ3n) is 4.46. The van der Waals surface area contributed by atoms with Crippen LogP contribution in [0.2, 0.25) is 5.02 Å². The SMILES string of the molecule is CN(c1cccc(Cl)c1)S(=O)(=O)c1cccc(C(=O)Nc2ccnc3ccnn23)c1. The van der Waals surface area contributed by atoms with Crippen molar-refractivity contribution in [3.05, 3.63) is 83.6 Å². The van der Waals surface area contributed by atoms with Gasteiger partial charge in [0.05, 0.1) is 16.8 Å². The number of hydrogen-bond donors (Lipinski definition) is 1. The zero-order chi connectivity index (χ0) is 21.3. The van der Waals surface area contributed by atoms with E-state index in [0.717, 1.165) is 4.31 Å². The molecule has 1 amide bonds. The van der Waals surface area contributed by atoms with Crippen LogP contribution in [0.1, 0.15) is 10.4 Å². The minimum absolute atomic E-state index is 0.0170. The predicted octanol–water partition coefficient (Wildman–Crippen LogP) is 3.46. The molecule has 0 spiro atoms. The van der Waals surface area contributed by atoms with E-state index in [0.29, 0.717) is 22.2 Å². The van der Waals surface area contributed by atoms with Gasteiger partial charge in [-0.25, -0.2) is 13.4 Å². The number of carbonyl (C=O) groups excluding carboxylic acids is 1. The molecular weight excluding hydrogens is 426 g/mol. The van der Waals surface area contributed by atoms with Crippen LogP contribution in [0.5, 0.6) is 0 Å². The zero-order valence-electron chi connectivity index (χ0n) is 15.7. The number of rotatable bonds is 5. The van der Waals surface area contributed by atoms with Gasteiger partial charge in [-0.05, 0) is 42.5 Å². The summed E-state index contributed by atoms with van der Waals surface area (Å²) in [7, 11) is -2.47. The summed E-state index contributed by atoms with van der Waals surface area (Å²) >= 11 is 5.98. The third-order valence-corrected chi connectivity index (χ3v) is 6.47. The van der Waals surface area contributed by atoms with Crippen molar-refractivity contribution in [3.8, 4) is 0 Å². The molecule has 152 valence electrons. The molecule has 0 atom stereocenters. The van der Waals surface area contributed by atoms with Gasteiger partial charge in [-0.3, -0.25) is 9.10 Å². The van der Waals surface area contributed by atoms with Gasteiger partial charge in [0, 0.05) is 29.9 Å². The Hall–Kier alpha value is -3.43. The Morgan fingerprint density at radius 1 is 1.07 bits per heavy atom. The Balaban J connectivity index is 1.63. The lowest BCUT2D eigenvalue weighted by molar-refractivity contribution is 0.102. The Morgan fingerprint density at radius 2 is 1.87 bits per heavy atom. The first kappa shape index (κ1) is 19.9. The fourth-order valence-electron chi connectivity index (χ4n) is 2.88. The van der Waals surface area contributed by atoms with E-state index in [4.69, 9.17) is 11.6 Å². The van der Waals surface area contributed by atoms with Crippen LogP contribution in [0.4, 0.5) is 11.5 Å². The Morgan fingerprint density at radius 3 is 2.67 bits per heavy atom. The van der Waals surface area contributed by atoms with Crippen LogP contribution < -0.4 is 9.62 Å². The highest BCUT2D eigenvalue weighted by atomic mass is 35.5. The van der Waals surface area contributed by atoms with Crippen molar-refractivity contribution in [2.45, 2.75) is 4.90 Å². The van der Waals surface area contributed by atoms with Crippen LogP contribution in [0.3, 0.4) is 0 Å². The fraction of sp³-hybridized carbons (Fsp3) is 0.0500. The Kier molecular flexibility index (Phi) is 5.15. The number of benzene rings is 2. The topological polar surface area (TPSA) is 96.7 Å². The average molecular weight is 442 g/mol. The lowest BCUT2D eigenvalue weighted by Crippen LogP contribution is -2.27. The number of aromatic nitrogens is 3. The third kappa shape index (κ3) is 3.72. The minimum atomic E-state index is -3.90. The van der Waals surface area contributed by atoms with Crippen molar-refractivity contribution in [1.29, 1.82) is 0 Å². The monoisotopic (exact) mass is 441 g/mol. The Bertz CT molecular complexity index is 1350. The first-order valence-electron chi connectivity index (χ1n) is 8.81. The molecule has 0 aliphatic heterocycles. The summed E-state index contributed by atoms with van der Waals surface area (Å²) in [5, 5.41) is 7.26. The largest absolute Gasteiger partial charge is 0.306 e. The molecule has 2 aromatic carbocycles. The maximum Gasteiger partial charge on any atom is 0.264 e. The van der Waals surface area contributed by atoms with Crippen LogP contribution >= 0.6 is 11.6 Å². The number of halogens is 1. The first-order chi connectivity index (χ1) is 14.4. The zero-order valence-corrected chi connectivity index (χ0v) is 17.3. The van der Waals surface area contributed by atoms with Gasteiger partial charge < -0.3 is 5.32 Å². The van der Waals surface area contributed by atoms with Crippen LogP contribution in [0.25, 0.3) is 5.65 Å². The van der Waals surface area contributed by atoms with Gasteiger partial charge in [-0.2, -0.15) is 9.61 Å². The van der Waals surface area contributed by atoms with Crippen LogP contribution in [-0.4, -0.2) is 36.0 Å². The molecule has 1 N–H and O–H groups in total. The molecule has 0 saturated carbocycles. The molecule has 2 aromatic heterocycles. The van der Waals surface area contributed by atoms with E-state index in [1.807, 2.05) is 0 Å². The summed E-state index contributed by atoms with van der Waals surface area (Å²) in [5.41, 5.74) is 1.18. The van der Waals surface area contributed by atoms with E-state index in [9.17, 15) is 13.2 Å². The fourth-order valence-corrected chi connectivity index (χ4v) is 4.30. The molecule has 0 radical (unpaired) electrons. The van der Waals surface area contributed by atoms with Crippen molar-refractivity contribution in [2.24, 2.45) is 0 Å². The summed E-state index contributed by atoms with van der Waals surface area (Å²) in [4.78, 5) is 16.9. The number of nitrogens with one attached hydrogen (secondary N) is 1. The summed E-state index contributed by atoms with van der Waals surface area (Å²) in [5.74, 6) is -0.0558. The van der Waals surface area contributed by atoms with Gasteiger partial charge in [-0.1, -0.05) is 23.7 Å². The van der Waals surface area contributed by atoms with Gasteiger partial charge >= 0.3 is 0 Å². The molecule has 8 nitrogen and oxygen atoms in total. The average Bonchev–Trinajstić information content (AvgIpc) is 3.23. The summed E-state index contributed by atoms with van der Waals surface area (Å²) < 4.78 is 28.7. The normalized spacial score (nSPS) is 11.4. The second-order valence-corrected chi connectivity index (χ2v) is 8.77. The molecule has 0 bridgehead atoms. The lowest BCUT2D eigenvalue weighted by Gasteiger charge is -2.20. The predicted molar refractivity (Wildman–Crippen MR) is 114 cm³/mol. The molecule has 0 aliphatic rings. The number of anilines is 2. The van der Waals surface area contributed by atoms with Crippen molar-refractivity contribution >= 4 is 44.7 Å². The molecule has 30 heavy (non-hydrogen) atoms. The lowest BCUT2D eigenvalue weighted by atomic mass is 10.2. The molecular formula is C20H16ClN5O3S. The molecule has 4 rings (SSSR count). The first-order valence-corrected chi connectivity index (χ1v) is 10.6. The summed E-state index contributed by atoms with van der Waals surface area (Å²) in [6.07, 6.45) is 3.12. The number of hydrogen-bond acceptors (Lipinski definition) is 5. The standard InChI is InChI=1S/C20H16ClN5O3S/c1-25(16-6-3-5-15(21)13-16)30(28,29)17-7-2-4-14(12-17)20(27)24-19-8-10-22-18-9-11-23-26(18)19/h2-13H,1H3,(H,24,27). The Labute approximate surface area is 177 Å². The van der Waals surface area contributed by atoms with Crippen LogP contribution in [0, 0.1) is 0 Å². The van der Waals surface area contributed by atoms with Gasteiger partial charge in [0.1, 0.15) is 5.82 Å². The molecule has 2 heterocycles. The molecule has 10 heteroatoms. The van der Waals surface area contributed by atoms with E-state index in [1.54, 1.807) is 48.8 Å². The molecule has 0 unspecified atom stereocenters. The molecule has 0 aliphatic carbocycles. The highest BCUT2D eigenvalue weighted by molar-refractivity contribution is 7.92.